The first-order chi connectivity index (χ1) is 14.0. The van der Waals surface area contributed by atoms with Gasteiger partial charge in [-0.1, -0.05) is 12.8 Å². The van der Waals surface area contributed by atoms with E-state index >= 15 is 0 Å². The predicted octanol–water partition coefficient (Wildman–Crippen LogP) is 2.96. The Balaban J connectivity index is 1.86. The number of nitrogens with one attached hydrogen (secondary N) is 1. The summed E-state index contributed by atoms with van der Waals surface area (Å²) in [6.07, 6.45) is -2.58. The number of benzene rings is 1. The third kappa shape index (κ3) is 5.58. The number of alkyl halides is 3. The molecule has 2 atom stereocenters. The van der Waals surface area contributed by atoms with Gasteiger partial charge in [0.05, 0.1) is 11.0 Å². The number of sulfonamides is 1. The third-order valence-corrected chi connectivity index (χ3v) is 5.61. The monoisotopic (exact) mass is 446 g/mol. The molecular weight excluding hydrogens is 425 g/mol. The van der Waals surface area contributed by atoms with Gasteiger partial charge in [0.1, 0.15) is 11.7 Å². The fourth-order valence-electron chi connectivity index (χ4n) is 3.10. The van der Waals surface area contributed by atoms with Crippen molar-refractivity contribution < 1.29 is 31.4 Å². The van der Waals surface area contributed by atoms with Crippen molar-refractivity contribution in [3.8, 4) is 5.88 Å². The molecule has 12 heteroatoms. The molecule has 1 saturated carbocycles. The van der Waals surface area contributed by atoms with Crippen molar-refractivity contribution in [1.29, 1.82) is 0 Å². The van der Waals surface area contributed by atoms with Gasteiger partial charge in [0.2, 0.25) is 21.9 Å². The highest BCUT2D eigenvalue weighted by molar-refractivity contribution is 7.89. The van der Waals surface area contributed by atoms with Gasteiger partial charge in [-0.05, 0) is 43.5 Å². The zero-order chi connectivity index (χ0) is 21.9. The highest BCUT2D eigenvalue weighted by atomic mass is 32.2. The largest absolute Gasteiger partial charge is 0.471 e. The lowest BCUT2D eigenvalue weighted by molar-refractivity contribution is -0.140. The van der Waals surface area contributed by atoms with E-state index in [-0.39, 0.29) is 10.8 Å². The lowest BCUT2D eigenvalue weighted by Crippen LogP contribution is -2.31. The lowest BCUT2D eigenvalue weighted by atomic mass is 10.1. The molecule has 1 aliphatic rings. The molecule has 4 N–H and O–H groups in total. The van der Waals surface area contributed by atoms with E-state index < -0.39 is 39.9 Å². The second kappa shape index (κ2) is 8.74. The molecule has 0 unspecified atom stereocenters. The number of aliphatic hydroxyl groups excluding tert-OH is 1. The summed E-state index contributed by atoms with van der Waals surface area (Å²) in [4.78, 5) is 7.40. The molecular formula is C18H21F3N4O4S. The van der Waals surface area contributed by atoms with Gasteiger partial charge >= 0.3 is 6.18 Å². The third-order valence-electron chi connectivity index (χ3n) is 4.68. The van der Waals surface area contributed by atoms with E-state index in [1.54, 1.807) is 0 Å². The number of anilines is 2. The van der Waals surface area contributed by atoms with E-state index in [0.717, 1.165) is 19.3 Å². The standard InChI is InChI=1S/C18H21F3N4O4S/c19-18(20,21)13-10-23-17(24-11-6-8-12(9-7-11)30(22,27)28)25-16(13)29-15-5-3-1-2-4-14(15)26/h6-10,14-15,26H,1-5H2,(H2,22,27,28)(H,23,24,25)/t14-,15+/m1/s1. The maximum absolute atomic E-state index is 13.4. The first kappa shape index (κ1) is 22.2. The number of ether oxygens (including phenoxy) is 1. The number of aromatic nitrogens is 2. The number of primary sulfonamides is 1. The van der Waals surface area contributed by atoms with E-state index in [0.29, 0.717) is 24.7 Å². The van der Waals surface area contributed by atoms with Gasteiger partial charge in [-0.15, -0.1) is 0 Å². The highest BCUT2D eigenvalue weighted by Gasteiger charge is 2.37. The van der Waals surface area contributed by atoms with Gasteiger partial charge in [0, 0.05) is 11.9 Å². The van der Waals surface area contributed by atoms with E-state index in [2.05, 4.69) is 15.3 Å². The maximum atomic E-state index is 13.4. The molecule has 0 aliphatic heterocycles. The zero-order valence-electron chi connectivity index (χ0n) is 15.8. The molecule has 0 amide bonds. The molecule has 1 heterocycles. The van der Waals surface area contributed by atoms with Crippen LogP contribution in [-0.4, -0.2) is 35.7 Å². The van der Waals surface area contributed by atoms with Crippen LogP contribution in [0.3, 0.4) is 0 Å². The zero-order valence-corrected chi connectivity index (χ0v) is 16.6. The van der Waals surface area contributed by atoms with E-state index in [1.807, 2.05) is 0 Å². The Labute approximate surface area is 171 Å². The molecule has 30 heavy (non-hydrogen) atoms. The van der Waals surface area contributed by atoms with Crippen LogP contribution in [0.2, 0.25) is 0 Å². The van der Waals surface area contributed by atoms with Crippen molar-refractivity contribution >= 4 is 21.7 Å². The summed E-state index contributed by atoms with van der Waals surface area (Å²) in [6.45, 7) is 0. The van der Waals surface area contributed by atoms with Crippen LogP contribution >= 0.6 is 0 Å². The Morgan fingerprint density at radius 1 is 1.13 bits per heavy atom. The molecule has 1 aromatic carbocycles. The van der Waals surface area contributed by atoms with Gasteiger partial charge in [-0.25, -0.2) is 18.5 Å². The second-order valence-corrected chi connectivity index (χ2v) is 8.53. The van der Waals surface area contributed by atoms with Crippen LogP contribution in [0.4, 0.5) is 24.8 Å². The first-order valence-corrected chi connectivity index (χ1v) is 10.8. The molecule has 0 spiro atoms. The lowest BCUT2D eigenvalue weighted by Gasteiger charge is -2.23. The normalized spacial score (nSPS) is 20.4. The van der Waals surface area contributed by atoms with Crippen molar-refractivity contribution in [2.75, 3.05) is 5.32 Å². The molecule has 1 aliphatic carbocycles. The summed E-state index contributed by atoms with van der Waals surface area (Å²) < 4.78 is 68.3. The van der Waals surface area contributed by atoms with Crippen LogP contribution in [0.5, 0.6) is 5.88 Å². The highest BCUT2D eigenvalue weighted by Crippen LogP contribution is 2.36. The van der Waals surface area contributed by atoms with Gasteiger partial charge in [0.15, 0.2) is 0 Å². The Morgan fingerprint density at radius 3 is 2.43 bits per heavy atom. The Kier molecular flexibility index (Phi) is 6.48. The van der Waals surface area contributed by atoms with Gasteiger partial charge in [-0.2, -0.15) is 18.2 Å². The van der Waals surface area contributed by atoms with Crippen molar-refractivity contribution in [2.24, 2.45) is 5.14 Å². The molecule has 1 fully saturated rings. The second-order valence-electron chi connectivity index (χ2n) is 6.97. The fourth-order valence-corrected chi connectivity index (χ4v) is 3.62. The van der Waals surface area contributed by atoms with Gasteiger partial charge in [-0.3, -0.25) is 0 Å². The van der Waals surface area contributed by atoms with Crippen LogP contribution in [0.25, 0.3) is 0 Å². The van der Waals surface area contributed by atoms with Crippen molar-refractivity contribution in [1.82, 2.24) is 9.97 Å². The summed E-state index contributed by atoms with van der Waals surface area (Å²) in [6, 6.07) is 5.22. The van der Waals surface area contributed by atoms with Crippen LogP contribution in [-0.2, 0) is 16.2 Å². The number of hydrogen-bond acceptors (Lipinski definition) is 7. The number of hydrogen-bond donors (Lipinski definition) is 3. The molecule has 0 bridgehead atoms. The smallest absolute Gasteiger partial charge is 0.423 e. The maximum Gasteiger partial charge on any atom is 0.423 e. The van der Waals surface area contributed by atoms with Gasteiger partial charge < -0.3 is 15.2 Å². The minimum absolute atomic E-state index is 0.118. The molecule has 1 aromatic heterocycles. The fraction of sp³-hybridized carbons (Fsp3) is 0.444. The van der Waals surface area contributed by atoms with Crippen molar-refractivity contribution in [2.45, 2.75) is 55.4 Å². The first-order valence-electron chi connectivity index (χ1n) is 9.23. The van der Waals surface area contributed by atoms with Crippen LogP contribution < -0.4 is 15.2 Å². The van der Waals surface area contributed by atoms with Crippen molar-refractivity contribution in [3.05, 3.63) is 36.0 Å². The predicted molar refractivity (Wildman–Crippen MR) is 102 cm³/mol. The van der Waals surface area contributed by atoms with Crippen LogP contribution in [0, 0.1) is 0 Å². The number of halogens is 3. The molecule has 8 nitrogen and oxygen atoms in total. The summed E-state index contributed by atoms with van der Waals surface area (Å²) in [7, 11) is -3.87. The number of nitrogens with two attached hydrogens (primary N) is 1. The summed E-state index contributed by atoms with van der Waals surface area (Å²) >= 11 is 0. The van der Waals surface area contributed by atoms with Crippen molar-refractivity contribution in [3.63, 3.8) is 0 Å². The average molecular weight is 446 g/mol. The molecule has 0 radical (unpaired) electrons. The SMILES string of the molecule is NS(=O)(=O)c1ccc(Nc2ncc(C(F)(F)F)c(O[C@H]3CCCCC[C@H]3O)n2)cc1. The van der Waals surface area contributed by atoms with Crippen LogP contribution in [0.15, 0.2) is 35.4 Å². The topological polar surface area (TPSA) is 127 Å². The summed E-state index contributed by atoms with van der Waals surface area (Å²) in [5.41, 5.74) is -0.809. The van der Waals surface area contributed by atoms with E-state index in [4.69, 9.17) is 9.88 Å². The molecule has 3 rings (SSSR count). The minimum Gasteiger partial charge on any atom is -0.471 e. The number of nitrogens with zero attached hydrogens (tertiary/aromatic N) is 2. The molecule has 2 aromatic rings. The Hall–Kier alpha value is -2.44. The van der Waals surface area contributed by atoms with Gasteiger partial charge in [0.25, 0.3) is 0 Å². The quantitative estimate of drug-likeness (QED) is 0.603. The molecule has 164 valence electrons. The Morgan fingerprint density at radius 2 is 1.80 bits per heavy atom. The number of rotatable bonds is 5. The summed E-state index contributed by atoms with van der Waals surface area (Å²) in [5.74, 6) is -0.850. The minimum atomic E-state index is -4.74. The Bertz CT molecular complexity index is 984. The van der Waals surface area contributed by atoms with E-state index in [9.17, 15) is 26.7 Å². The van der Waals surface area contributed by atoms with E-state index in [1.165, 1.54) is 24.3 Å². The average Bonchev–Trinajstić information content (AvgIpc) is 2.85. The number of aliphatic hydroxyl groups is 1. The summed E-state index contributed by atoms with van der Waals surface area (Å²) in [5, 5.41) is 17.9. The molecule has 0 saturated heterocycles. The van der Waals surface area contributed by atoms with Crippen LogP contribution in [0.1, 0.15) is 37.7 Å².